The third-order valence-electron chi connectivity index (χ3n) is 4.02. The maximum atomic E-state index is 12.0. The van der Waals surface area contributed by atoms with E-state index in [9.17, 15) is 43.5 Å². The van der Waals surface area contributed by atoms with E-state index in [1.807, 2.05) is 0 Å². The zero-order valence-electron chi connectivity index (χ0n) is 17.1. The van der Waals surface area contributed by atoms with Crippen LogP contribution in [-0.4, -0.2) is 70.3 Å². The number of hydrogen-bond donors (Lipinski definition) is 5. The van der Waals surface area contributed by atoms with Gasteiger partial charge in [-0.25, -0.2) is 15.0 Å². The molecule has 22 heteroatoms. The first-order chi connectivity index (χ1) is 14.2. The van der Waals surface area contributed by atoms with Crippen LogP contribution in [0.1, 0.15) is 6.23 Å². The Hall–Kier alpha value is -0.125. The average molecular weight is 517 g/mol. The van der Waals surface area contributed by atoms with Crippen LogP contribution in [0.5, 0.6) is 0 Å². The van der Waals surface area contributed by atoms with E-state index in [4.69, 9.17) is 10.5 Å². The van der Waals surface area contributed by atoms with Crippen molar-refractivity contribution in [2.75, 3.05) is 18.2 Å². The molecule has 0 radical (unpaired) electrons. The molecular formula is C11H16Li2N5O12P3. The van der Waals surface area contributed by atoms with E-state index in [1.165, 1.54) is 10.9 Å². The molecule has 17 nitrogen and oxygen atoms in total. The second-order valence-electron chi connectivity index (χ2n) is 6.37. The molecule has 0 bridgehead atoms. The van der Waals surface area contributed by atoms with Crippen molar-refractivity contribution in [2.24, 2.45) is 0 Å². The molecule has 1 fully saturated rings. The van der Waals surface area contributed by atoms with Gasteiger partial charge in [-0.3, -0.25) is 18.0 Å². The van der Waals surface area contributed by atoms with Crippen molar-refractivity contribution in [1.82, 2.24) is 19.5 Å². The zero-order chi connectivity index (χ0) is 23.2. The number of nitrogens with zero attached hydrogens (tertiary/aromatic N) is 4. The van der Waals surface area contributed by atoms with Crippen molar-refractivity contribution in [1.29, 1.82) is 0 Å². The number of ether oxygens (including phenoxy) is 1. The van der Waals surface area contributed by atoms with E-state index in [-0.39, 0.29) is 54.7 Å². The van der Waals surface area contributed by atoms with Crippen molar-refractivity contribution < 1.29 is 94.8 Å². The topological polar surface area (TPSA) is 276 Å². The fourth-order valence-corrected chi connectivity index (χ4v) is 7.23. The van der Waals surface area contributed by atoms with Gasteiger partial charge in [0.15, 0.2) is 23.6 Å². The first kappa shape index (κ1) is 30.9. The smallest absolute Gasteiger partial charge is 0.789 e. The molecule has 1 aliphatic heterocycles. The number of aliphatic hydroxyl groups excluding tert-OH is 2. The van der Waals surface area contributed by atoms with Crippen LogP contribution in [0.4, 0.5) is 5.82 Å². The molecule has 3 heterocycles. The molecule has 174 valence electrons. The SMILES string of the molecule is Nc1ncnc2c1ncn2[C@@H]1O[C@H](COP(=O)(O)CP(=O)(O)OP(=O)([O-])[O-])[C@H](O)C1O.[Li+].[Li+]. The Bertz CT molecular complexity index is 1120. The molecule has 0 spiro atoms. The van der Waals surface area contributed by atoms with Crippen LogP contribution in [0.3, 0.4) is 0 Å². The summed E-state index contributed by atoms with van der Waals surface area (Å²) in [7, 11) is -16.2. The van der Waals surface area contributed by atoms with Gasteiger partial charge in [0.1, 0.15) is 30.2 Å². The quantitative estimate of drug-likeness (QED) is 0.161. The van der Waals surface area contributed by atoms with E-state index in [0.29, 0.717) is 0 Å². The summed E-state index contributed by atoms with van der Waals surface area (Å²) in [5, 5.41) is 20.5. The standard InChI is InChI=1S/C11H18N5O12P3.2Li/c12-9-6-10(14-2-13-9)16(3-15-6)11-8(18)7(17)5(27-11)1-26-29(19,20)4-30(21,22)28-31(23,24)25;;/h2-3,5,7-8,11,17-18H,1,4H2,(H,19,20)(H,21,22)(H2,12,13,14)(H2,23,24,25);;/q;2*+1/p-2/t5-,7+,8?,11-;;/m1../s1. The summed E-state index contributed by atoms with van der Waals surface area (Å²) in [4.78, 5) is 51.5. The number of imidazole rings is 1. The molecule has 1 saturated heterocycles. The minimum Gasteiger partial charge on any atom is -0.789 e. The van der Waals surface area contributed by atoms with Crippen LogP contribution >= 0.6 is 23.0 Å². The fourth-order valence-electron chi connectivity index (χ4n) is 2.79. The molecule has 1 aliphatic rings. The second kappa shape index (κ2) is 11.3. The van der Waals surface area contributed by atoms with Crippen LogP contribution in [0.25, 0.3) is 11.2 Å². The van der Waals surface area contributed by atoms with Gasteiger partial charge in [0.25, 0.3) is 0 Å². The molecule has 2 aromatic rings. The molecule has 33 heavy (non-hydrogen) atoms. The Morgan fingerprint density at radius 1 is 1.09 bits per heavy atom. The van der Waals surface area contributed by atoms with E-state index in [0.717, 1.165) is 6.33 Å². The molecule has 6 N–H and O–H groups in total. The van der Waals surface area contributed by atoms with Gasteiger partial charge in [0.2, 0.25) is 0 Å². The number of rotatable bonds is 8. The Balaban J connectivity index is 0.00000272. The summed E-state index contributed by atoms with van der Waals surface area (Å²) in [6.45, 7) is -0.862. The van der Waals surface area contributed by atoms with Crippen molar-refractivity contribution in [2.45, 2.75) is 24.5 Å². The number of nitrogens with two attached hydrogens (primary N) is 1. The van der Waals surface area contributed by atoms with E-state index in [1.54, 1.807) is 0 Å². The van der Waals surface area contributed by atoms with Crippen molar-refractivity contribution in [3.05, 3.63) is 12.7 Å². The van der Waals surface area contributed by atoms with Crippen molar-refractivity contribution in [3.8, 4) is 0 Å². The second-order valence-corrected chi connectivity index (χ2v) is 11.9. The number of phosphoric acid groups is 1. The van der Waals surface area contributed by atoms with Crippen molar-refractivity contribution >= 4 is 40.0 Å². The van der Waals surface area contributed by atoms with Crippen LogP contribution in [-0.2, 0) is 27.3 Å². The Labute approximate surface area is 209 Å². The molecule has 0 aromatic carbocycles. The summed E-state index contributed by atoms with van der Waals surface area (Å²) in [6.07, 6.45) is -3.53. The molecule has 6 atom stereocenters. The minimum absolute atomic E-state index is 0. The van der Waals surface area contributed by atoms with Crippen LogP contribution in [0, 0.1) is 0 Å². The van der Waals surface area contributed by atoms with Gasteiger partial charge in [-0.2, -0.15) is 0 Å². The van der Waals surface area contributed by atoms with Gasteiger partial charge in [0, 0.05) is 0 Å². The third-order valence-corrected chi connectivity index (χ3v) is 9.26. The molecule has 3 unspecified atom stereocenters. The predicted molar refractivity (Wildman–Crippen MR) is 94.8 cm³/mol. The number of hydrogen-bond acceptors (Lipinski definition) is 14. The third kappa shape index (κ3) is 7.68. The van der Waals surface area contributed by atoms with E-state index in [2.05, 4.69) is 23.8 Å². The number of fused-ring (bicyclic) bond motifs is 1. The summed E-state index contributed by atoms with van der Waals surface area (Å²) >= 11 is 0. The summed E-state index contributed by atoms with van der Waals surface area (Å²) in [6, 6.07) is 0. The molecule has 0 saturated carbocycles. The molecule has 0 amide bonds. The number of anilines is 1. The molecular weight excluding hydrogens is 501 g/mol. The zero-order valence-corrected chi connectivity index (χ0v) is 19.8. The Morgan fingerprint density at radius 3 is 2.33 bits per heavy atom. The van der Waals surface area contributed by atoms with E-state index < -0.39 is 60.1 Å². The minimum atomic E-state index is -5.92. The average Bonchev–Trinajstić information content (AvgIpc) is 3.13. The van der Waals surface area contributed by atoms with Crippen LogP contribution in [0.15, 0.2) is 12.7 Å². The number of nitrogen functional groups attached to an aromatic ring is 1. The largest absolute Gasteiger partial charge is 1.00 e. The Morgan fingerprint density at radius 2 is 1.73 bits per heavy atom. The maximum absolute atomic E-state index is 12.0. The summed E-state index contributed by atoms with van der Waals surface area (Å²) in [5.74, 6) is -1.67. The van der Waals surface area contributed by atoms with Crippen LogP contribution < -0.4 is 53.2 Å². The van der Waals surface area contributed by atoms with Gasteiger partial charge in [-0.1, -0.05) is 0 Å². The molecule has 0 aliphatic carbocycles. The van der Waals surface area contributed by atoms with Gasteiger partial charge >= 0.3 is 52.9 Å². The van der Waals surface area contributed by atoms with Gasteiger partial charge in [-0.05, 0) is 0 Å². The number of aliphatic hydroxyl groups is 2. The first-order valence-corrected chi connectivity index (χ1v) is 13.1. The maximum Gasteiger partial charge on any atom is 1.00 e. The molecule has 2 aromatic heterocycles. The van der Waals surface area contributed by atoms with Gasteiger partial charge in [0.05, 0.1) is 20.8 Å². The van der Waals surface area contributed by atoms with Crippen LogP contribution in [0.2, 0.25) is 0 Å². The van der Waals surface area contributed by atoms with Gasteiger partial charge < -0.3 is 49.3 Å². The van der Waals surface area contributed by atoms with Gasteiger partial charge in [-0.15, -0.1) is 0 Å². The summed E-state index contributed by atoms with van der Waals surface area (Å²) < 4.78 is 48.6. The van der Waals surface area contributed by atoms with E-state index >= 15 is 0 Å². The monoisotopic (exact) mass is 517 g/mol. The molecule has 3 rings (SSSR count). The van der Waals surface area contributed by atoms with Crippen molar-refractivity contribution in [3.63, 3.8) is 0 Å². The fraction of sp³-hybridized carbons (Fsp3) is 0.545. The normalized spacial score (nSPS) is 26.7. The predicted octanol–water partition coefficient (Wildman–Crippen LogP) is -8.77. The number of aromatic nitrogens is 4. The summed E-state index contributed by atoms with van der Waals surface area (Å²) in [5.41, 5.74) is 6.03. The Kier molecular flexibility index (Phi) is 10.6. The first-order valence-electron chi connectivity index (χ1n) is 8.15.